The second kappa shape index (κ2) is 9.32. The molecule has 0 radical (unpaired) electrons. The van der Waals surface area contributed by atoms with Crippen molar-refractivity contribution in [2.45, 2.75) is 0 Å². The molecule has 2 saturated heterocycles. The number of nitro benzene ring substituents is 1. The third kappa shape index (κ3) is 4.78. The third-order valence-electron chi connectivity index (χ3n) is 5.90. The molecule has 2 fully saturated rings. The molecule has 0 spiro atoms. The maximum absolute atomic E-state index is 13.0. The average molecular weight is 426 g/mol. The van der Waals surface area contributed by atoms with Crippen LogP contribution in [0.25, 0.3) is 0 Å². The smallest absolute Gasteiger partial charge is 0.293 e. The number of nitro groups is 1. The molecule has 9 nitrogen and oxygen atoms in total. The van der Waals surface area contributed by atoms with Gasteiger partial charge in [0, 0.05) is 24.7 Å². The number of benzene rings is 2. The molecule has 2 N–H and O–H groups in total. The Morgan fingerprint density at radius 2 is 1.71 bits per heavy atom. The SMILES string of the molecule is C[NH+]1CCN(c2ccccc2NC(=O)c2ccc(N3CCOCC3)c([N+](=O)[O-])c2)CC1. The zero-order chi connectivity index (χ0) is 21.8. The normalized spacial score (nSPS) is 17.5. The highest BCUT2D eigenvalue weighted by Gasteiger charge is 2.24. The fraction of sp³-hybridized carbons (Fsp3) is 0.409. The van der Waals surface area contributed by atoms with Gasteiger partial charge in [0.15, 0.2) is 0 Å². The van der Waals surface area contributed by atoms with Crippen LogP contribution in [0.2, 0.25) is 0 Å². The number of nitrogens with one attached hydrogen (secondary N) is 2. The molecule has 0 aliphatic carbocycles. The first-order chi connectivity index (χ1) is 15.0. The lowest BCUT2D eigenvalue weighted by molar-refractivity contribution is -0.880. The van der Waals surface area contributed by atoms with Gasteiger partial charge < -0.3 is 24.8 Å². The van der Waals surface area contributed by atoms with Crippen molar-refractivity contribution in [2.24, 2.45) is 0 Å². The highest BCUT2D eigenvalue weighted by atomic mass is 16.6. The van der Waals surface area contributed by atoms with E-state index in [4.69, 9.17) is 4.74 Å². The molecule has 2 aliphatic rings. The van der Waals surface area contributed by atoms with Crippen molar-refractivity contribution < 1.29 is 19.4 Å². The predicted molar refractivity (Wildman–Crippen MR) is 119 cm³/mol. The number of ether oxygens (including phenoxy) is 1. The Kier molecular flexibility index (Phi) is 6.34. The van der Waals surface area contributed by atoms with Gasteiger partial charge in [0.1, 0.15) is 5.69 Å². The summed E-state index contributed by atoms with van der Waals surface area (Å²) in [6, 6.07) is 12.4. The van der Waals surface area contributed by atoms with Crippen molar-refractivity contribution in [3.63, 3.8) is 0 Å². The largest absolute Gasteiger partial charge is 0.378 e. The molecular formula is C22H28N5O4+. The van der Waals surface area contributed by atoms with E-state index in [1.807, 2.05) is 29.2 Å². The van der Waals surface area contributed by atoms with Gasteiger partial charge in [-0.15, -0.1) is 0 Å². The molecular weight excluding hydrogens is 398 g/mol. The van der Waals surface area contributed by atoms with Crippen LogP contribution in [-0.4, -0.2) is 70.4 Å². The number of hydrogen-bond donors (Lipinski definition) is 2. The average Bonchev–Trinajstić information content (AvgIpc) is 2.80. The Bertz CT molecular complexity index is 953. The Balaban J connectivity index is 1.55. The minimum absolute atomic E-state index is 0.0649. The van der Waals surface area contributed by atoms with E-state index >= 15 is 0 Å². The van der Waals surface area contributed by atoms with Crippen molar-refractivity contribution in [2.75, 3.05) is 74.6 Å². The molecule has 2 heterocycles. The fourth-order valence-corrected chi connectivity index (χ4v) is 4.06. The van der Waals surface area contributed by atoms with Gasteiger partial charge in [-0.05, 0) is 24.3 Å². The van der Waals surface area contributed by atoms with E-state index in [0.29, 0.717) is 37.7 Å². The first kappa shape index (κ1) is 21.1. The maximum Gasteiger partial charge on any atom is 0.293 e. The highest BCUT2D eigenvalue weighted by Crippen LogP contribution is 2.31. The molecule has 2 aromatic rings. The van der Waals surface area contributed by atoms with Crippen molar-refractivity contribution in [1.82, 2.24) is 0 Å². The second-order valence-electron chi connectivity index (χ2n) is 7.98. The Labute approximate surface area is 181 Å². The first-order valence-electron chi connectivity index (χ1n) is 10.6. The Morgan fingerprint density at radius 3 is 2.42 bits per heavy atom. The Hall–Kier alpha value is -3.17. The number of para-hydroxylation sites is 2. The molecule has 0 atom stereocenters. The van der Waals surface area contributed by atoms with Gasteiger partial charge in [0.2, 0.25) is 0 Å². The van der Waals surface area contributed by atoms with E-state index in [1.165, 1.54) is 11.0 Å². The molecule has 2 aliphatic heterocycles. The van der Waals surface area contributed by atoms with Crippen LogP contribution >= 0.6 is 0 Å². The van der Waals surface area contributed by atoms with Crippen molar-refractivity contribution in [1.29, 1.82) is 0 Å². The lowest BCUT2D eigenvalue weighted by Gasteiger charge is -2.33. The van der Waals surface area contributed by atoms with Crippen LogP contribution in [0.4, 0.5) is 22.7 Å². The summed E-state index contributed by atoms with van der Waals surface area (Å²) in [7, 11) is 2.18. The molecule has 0 saturated carbocycles. The van der Waals surface area contributed by atoms with Crippen LogP contribution in [0, 0.1) is 10.1 Å². The standard InChI is InChI=1S/C22H27N5O4/c1-24-8-10-25(11-9-24)19-5-3-2-4-18(19)23-22(28)17-6-7-20(21(16-17)27(29)30)26-12-14-31-15-13-26/h2-7,16H,8-15H2,1H3,(H,23,28)/p+1. The van der Waals surface area contributed by atoms with E-state index in [0.717, 1.165) is 31.9 Å². The molecule has 0 unspecified atom stereocenters. The Morgan fingerprint density at radius 1 is 1.03 bits per heavy atom. The van der Waals surface area contributed by atoms with Crippen LogP contribution < -0.4 is 20.0 Å². The van der Waals surface area contributed by atoms with Gasteiger partial charge in [-0.3, -0.25) is 14.9 Å². The van der Waals surface area contributed by atoms with Crippen LogP contribution in [0.3, 0.4) is 0 Å². The van der Waals surface area contributed by atoms with Gasteiger partial charge in [0.05, 0.1) is 62.7 Å². The fourth-order valence-electron chi connectivity index (χ4n) is 4.06. The minimum atomic E-state index is -0.428. The summed E-state index contributed by atoms with van der Waals surface area (Å²) in [6.07, 6.45) is 0. The summed E-state index contributed by atoms with van der Waals surface area (Å²) in [4.78, 5) is 29.9. The molecule has 31 heavy (non-hydrogen) atoms. The number of quaternary nitrogens is 1. The molecule has 2 aromatic carbocycles. The number of rotatable bonds is 5. The summed E-state index contributed by atoms with van der Waals surface area (Å²) in [5.74, 6) is -0.358. The first-order valence-corrected chi connectivity index (χ1v) is 10.6. The molecule has 1 amide bonds. The van der Waals surface area contributed by atoms with Crippen LogP contribution in [0.15, 0.2) is 42.5 Å². The summed E-state index contributed by atoms with van der Waals surface area (Å²) in [6.45, 7) is 6.15. The van der Waals surface area contributed by atoms with Crippen LogP contribution in [-0.2, 0) is 4.74 Å². The monoisotopic (exact) mass is 426 g/mol. The van der Waals surface area contributed by atoms with Gasteiger partial charge >= 0.3 is 0 Å². The number of amides is 1. The molecule has 0 aromatic heterocycles. The highest BCUT2D eigenvalue weighted by molar-refractivity contribution is 6.06. The number of likely N-dealkylation sites (N-methyl/N-ethyl adjacent to an activating group) is 1. The minimum Gasteiger partial charge on any atom is -0.378 e. The zero-order valence-electron chi connectivity index (χ0n) is 17.7. The van der Waals surface area contributed by atoms with Gasteiger partial charge in [-0.2, -0.15) is 0 Å². The van der Waals surface area contributed by atoms with Gasteiger partial charge in [-0.25, -0.2) is 0 Å². The topological polar surface area (TPSA) is 92.4 Å². The van der Waals surface area contributed by atoms with E-state index in [9.17, 15) is 14.9 Å². The number of piperazine rings is 1. The summed E-state index contributed by atoms with van der Waals surface area (Å²) in [5.41, 5.74) is 2.41. The quantitative estimate of drug-likeness (QED) is 0.548. The van der Waals surface area contributed by atoms with E-state index in [1.54, 1.807) is 12.1 Å². The zero-order valence-corrected chi connectivity index (χ0v) is 17.7. The van der Waals surface area contributed by atoms with E-state index in [-0.39, 0.29) is 17.2 Å². The van der Waals surface area contributed by atoms with Crippen molar-refractivity contribution in [3.05, 3.63) is 58.1 Å². The summed E-state index contributed by atoms with van der Waals surface area (Å²) in [5, 5.41) is 14.6. The maximum atomic E-state index is 13.0. The van der Waals surface area contributed by atoms with E-state index < -0.39 is 4.92 Å². The van der Waals surface area contributed by atoms with E-state index in [2.05, 4.69) is 17.3 Å². The third-order valence-corrected chi connectivity index (χ3v) is 5.90. The lowest BCUT2D eigenvalue weighted by atomic mass is 10.1. The van der Waals surface area contributed by atoms with Crippen molar-refractivity contribution in [3.8, 4) is 0 Å². The second-order valence-corrected chi connectivity index (χ2v) is 7.98. The number of carbonyl (C=O) groups excluding carboxylic acids is 1. The summed E-state index contributed by atoms with van der Waals surface area (Å²) < 4.78 is 5.34. The van der Waals surface area contributed by atoms with Gasteiger partial charge in [0.25, 0.3) is 11.6 Å². The van der Waals surface area contributed by atoms with Crippen LogP contribution in [0.5, 0.6) is 0 Å². The van der Waals surface area contributed by atoms with Gasteiger partial charge in [-0.1, -0.05) is 12.1 Å². The number of nitrogens with zero attached hydrogens (tertiary/aromatic N) is 3. The number of anilines is 3. The number of carbonyl (C=O) groups is 1. The molecule has 0 bridgehead atoms. The number of hydrogen-bond acceptors (Lipinski definition) is 6. The lowest BCUT2D eigenvalue weighted by Crippen LogP contribution is -3.12. The number of morpholine rings is 1. The van der Waals surface area contributed by atoms with Crippen LogP contribution in [0.1, 0.15) is 10.4 Å². The van der Waals surface area contributed by atoms with Crippen molar-refractivity contribution >= 4 is 28.7 Å². The molecule has 4 rings (SSSR count). The molecule has 164 valence electrons. The predicted octanol–water partition coefficient (Wildman–Crippen LogP) is 1.02. The summed E-state index contributed by atoms with van der Waals surface area (Å²) >= 11 is 0. The molecule has 9 heteroatoms.